The van der Waals surface area contributed by atoms with E-state index in [0.29, 0.717) is 19.1 Å². The van der Waals surface area contributed by atoms with Crippen LogP contribution >= 0.6 is 0 Å². The summed E-state index contributed by atoms with van der Waals surface area (Å²) in [5, 5.41) is 6.37. The van der Waals surface area contributed by atoms with Crippen LogP contribution in [-0.2, 0) is 9.53 Å². The zero-order valence-electron chi connectivity index (χ0n) is 9.55. The third-order valence-corrected chi connectivity index (χ3v) is 2.76. The standard InChI is InChI=1S/C11H22N2O2/c1-15-9-6-11(14)13-8-5-10-4-2-3-7-12-10/h10,12H,2-9H2,1H3,(H,13,14). The van der Waals surface area contributed by atoms with Crippen molar-refractivity contribution in [1.29, 1.82) is 0 Å². The molecule has 0 bridgehead atoms. The molecule has 4 nitrogen and oxygen atoms in total. The number of carbonyl (C=O) groups is 1. The Morgan fingerprint density at radius 3 is 3.07 bits per heavy atom. The fraction of sp³-hybridized carbons (Fsp3) is 0.909. The molecule has 1 aliphatic rings. The Bertz CT molecular complexity index is 179. The monoisotopic (exact) mass is 214 g/mol. The number of rotatable bonds is 6. The summed E-state index contributed by atoms with van der Waals surface area (Å²) >= 11 is 0. The number of ether oxygens (including phenoxy) is 1. The highest BCUT2D eigenvalue weighted by molar-refractivity contribution is 5.75. The second-order valence-electron chi connectivity index (χ2n) is 4.03. The molecule has 0 aromatic rings. The van der Waals surface area contributed by atoms with E-state index in [0.717, 1.165) is 19.5 Å². The van der Waals surface area contributed by atoms with Gasteiger partial charge in [-0.2, -0.15) is 0 Å². The summed E-state index contributed by atoms with van der Waals surface area (Å²) in [7, 11) is 1.61. The number of piperidine rings is 1. The Hall–Kier alpha value is -0.610. The zero-order chi connectivity index (χ0) is 10.9. The molecule has 1 aliphatic heterocycles. The van der Waals surface area contributed by atoms with Crippen molar-refractivity contribution in [1.82, 2.24) is 10.6 Å². The molecule has 15 heavy (non-hydrogen) atoms. The van der Waals surface area contributed by atoms with Gasteiger partial charge in [0.2, 0.25) is 5.91 Å². The van der Waals surface area contributed by atoms with Crippen molar-refractivity contribution in [2.45, 2.75) is 38.1 Å². The van der Waals surface area contributed by atoms with E-state index in [2.05, 4.69) is 10.6 Å². The average Bonchev–Trinajstić information content (AvgIpc) is 2.28. The minimum absolute atomic E-state index is 0.0904. The summed E-state index contributed by atoms with van der Waals surface area (Å²) in [6.45, 7) is 2.41. The van der Waals surface area contributed by atoms with Crippen LogP contribution in [0.1, 0.15) is 32.1 Å². The van der Waals surface area contributed by atoms with Crippen molar-refractivity contribution < 1.29 is 9.53 Å². The van der Waals surface area contributed by atoms with Gasteiger partial charge in [-0.15, -0.1) is 0 Å². The van der Waals surface area contributed by atoms with E-state index >= 15 is 0 Å². The van der Waals surface area contributed by atoms with Gasteiger partial charge in [0, 0.05) is 26.1 Å². The molecule has 0 radical (unpaired) electrons. The molecule has 0 aliphatic carbocycles. The van der Waals surface area contributed by atoms with Crippen LogP contribution < -0.4 is 10.6 Å². The highest BCUT2D eigenvalue weighted by atomic mass is 16.5. The summed E-state index contributed by atoms with van der Waals surface area (Å²) in [5.41, 5.74) is 0. The van der Waals surface area contributed by atoms with E-state index in [1.807, 2.05) is 0 Å². The smallest absolute Gasteiger partial charge is 0.222 e. The number of amides is 1. The first-order chi connectivity index (χ1) is 7.33. The SMILES string of the molecule is COCCC(=O)NCCC1CCCCN1. The molecule has 1 rings (SSSR count). The predicted octanol–water partition coefficient (Wildman–Crippen LogP) is 0.671. The number of methoxy groups -OCH3 is 1. The van der Waals surface area contributed by atoms with E-state index in [4.69, 9.17) is 4.74 Å². The van der Waals surface area contributed by atoms with Crippen molar-refractivity contribution in [2.75, 3.05) is 26.8 Å². The van der Waals surface area contributed by atoms with Gasteiger partial charge in [0.1, 0.15) is 0 Å². The fourth-order valence-electron chi connectivity index (χ4n) is 1.84. The molecule has 1 unspecified atom stereocenters. The first-order valence-corrected chi connectivity index (χ1v) is 5.82. The maximum Gasteiger partial charge on any atom is 0.222 e. The van der Waals surface area contributed by atoms with Gasteiger partial charge in [0.05, 0.1) is 6.61 Å². The highest BCUT2D eigenvalue weighted by Gasteiger charge is 2.11. The third-order valence-electron chi connectivity index (χ3n) is 2.76. The van der Waals surface area contributed by atoms with E-state index in [9.17, 15) is 4.79 Å². The van der Waals surface area contributed by atoms with Crippen molar-refractivity contribution in [3.05, 3.63) is 0 Å². The van der Waals surface area contributed by atoms with Crippen LogP contribution in [0.5, 0.6) is 0 Å². The van der Waals surface area contributed by atoms with Gasteiger partial charge in [-0.1, -0.05) is 6.42 Å². The van der Waals surface area contributed by atoms with Gasteiger partial charge in [0.15, 0.2) is 0 Å². The second kappa shape index (κ2) is 7.65. The molecule has 0 spiro atoms. The van der Waals surface area contributed by atoms with Crippen LogP contribution in [0.15, 0.2) is 0 Å². The predicted molar refractivity (Wildman–Crippen MR) is 59.8 cm³/mol. The van der Waals surface area contributed by atoms with Gasteiger partial charge < -0.3 is 15.4 Å². The van der Waals surface area contributed by atoms with Crippen LogP contribution in [0.25, 0.3) is 0 Å². The third kappa shape index (κ3) is 5.74. The number of carbonyl (C=O) groups excluding carboxylic acids is 1. The Morgan fingerprint density at radius 2 is 2.40 bits per heavy atom. The number of hydrogen-bond donors (Lipinski definition) is 2. The number of hydrogen-bond acceptors (Lipinski definition) is 3. The molecule has 1 amide bonds. The molecule has 0 aromatic heterocycles. The van der Waals surface area contributed by atoms with Crippen LogP contribution in [0.3, 0.4) is 0 Å². The summed E-state index contributed by atoms with van der Waals surface area (Å²) in [4.78, 5) is 11.2. The quantitative estimate of drug-likeness (QED) is 0.683. The lowest BCUT2D eigenvalue weighted by molar-refractivity contribution is -0.121. The Labute approximate surface area is 91.8 Å². The lowest BCUT2D eigenvalue weighted by Gasteiger charge is -2.23. The average molecular weight is 214 g/mol. The minimum atomic E-state index is 0.0904. The Balaban J connectivity index is 1.97. The second-order valence-corrected chi connectivity index (χ2v) is 4.03. The van der Waals surface area contributed by atoms with Gasteiger partial charge in [-0.25, -0.2) is 0 Å². The molecular weight excluding hydrogens is 192 g/mol. The molecule has 0 saturated carbocycles. The lowest BCUT2D eigenvalue weighted by Crippen LogP contribution is -2.37. The van der Waals surface area contributed by atoms with Crippen LogP contribution in [0.4, 0.5) is 0 Å². The van der Waals surface area contributed by atoms with Crippen molar-refractivity contribution in [3.8, 4) is 0 Å². The van der Waals surface area contributed by atoms with Gasteiger partial charge in [-0.05, 0) is 25.8 Å². The summed E-state index contributed by atoms with van der Waals surface area (Å²) in [5.74, 6) is 0.0904. The molecule has 1 saturated heterocycles. The van der Waals surface area contributed by atoms with Crippen LogP contribution in [0, 0.1) is 0 Å². The normalized spacial score (nSPS) is 21.3. The summed E-state index contributed by atoms with van der Waals surface area (Å²) in [6, 6.07) is 0.599. The van der Waals surface area contributed by atoms with E-state index in [1.54, 1.807) is 7.11 Å². The van der Waals surface area contributed by atoms with Gasteiger partial charge >= 0.3 is 0 Å². The maximum absolute atomic E-state index is 11.2. The lowest BCUT2D eigenvalue weighted by atomic mass is 10.0. The minimum Gasteiger partial charge on any atom is -0.384 e. The Kier molecular flexibility index (Phi) is 6.36. The van der Waals surface area contributed by atoms with Crippen molar-refractivity contribution in [3.63, 3.8) is 0 Å². The summed E-state index contributed by atoms with van der Waals surface area (Å²) < 4.78 is 4.84. The van der Waals surface area contributed by atoms with E-state index < -0.39 is 0 Å². The zero-order valence-corrected chi connectivity index (χ0v) is 9.55. The largest absolute Gasteiger partial charge is 0.384 e. The van der Waals surface area contributed by atoms with Crippen LogP contribution in [-0.4, -0.2) is 38.8 Å². The first-order valence-electron chi connectivity index (χ1n) is 5.82. The molecule has 1 heterocycles. The fourth-order valence-corrected chi connectivity index (χ4v) is 1.84. The topological polar surface area (TPSA) is 50.4 Å². The summed E-state index contributed by atoms with van der Waals surface area (Å²) in [6.07, 6.45) is 5.35. The molecule has 1 atom stereocenters. The van der Waals surface area contributed by atoms with Crippen molar-refractivity contribution in [2.24, 2.45) is 0 Å². The van der Waals surface area contributed by atoms with Gasteiger partial charge in [-0.3, -0.25) is 4.79 Å². The molecule has 4 heteroatoms. The first kappa shape index (κ1) is 12.5. The van der Waals surface area contributed by atoms with Gasteiger partial charge in [0.25, 0.3) is 0 Å². The molecule has 0 aromatic carbocycles. The van der Waals surface area contributed by atoms with E-state index in [1.165, 1.54) is 19.3 Å². The molecular formula is C11H22N2O2. The highest BCUT2D eigenvalue weighted by Crippen LogP contribution is 2.08. The number of nitrogens with one attached hydrogen (secondary N) is 2. The van der Waals surface area contributed by atoms with Crippen molar-refractivity contribution >= 4 is 5.91 Å². The molecule has 1 fully saturated rings. The molecule has 2 N–H and O–H groups in total. The maximum atomic E-state index is 11.2. The van der Waals surface area contributed by atoms with E-state index in [-0.39, 0.29) is 5.91 Å². The van der Waals surface area contributed by atoms with Crippen LogP contribution in [0.2, 0.25) is 0 Å². The molecule has 88 valence electrons. The Morgan fingerprint density at radius 1 is 1.53 bits per heavy atom.